The van der Waals surface area contributed by atoms with Crippen molar-refractivity contribution in [3.05, 3.63) is 71.3 Å². The van der Waals surface area contributed by atoms with Gasteiger partial charge in [0.2, 0.25) is 0 Å². The van der Waals surface area contributed by atoms with E-state index in [1.165, 1.54) is 0 Å². The fraction of sp³-hybridized carbons (Fsp3) is 0.133. The van der Waals surface area contributed by atoms with Crippen molar-refractivity contribution in [1.82, 2.24) is 0 Å². The van der Waals surface area contributed by atoms with E-state index in [0.29, 0.717) is 23.0 Å². The van der Waals surface area contributed by atoms with Crippen LogP contribution in [0.2, 0.25) is 0 Å². The van der Waals surface area contributed by atoms with Crippen molar-refractivity contribution in [2.45, 2.75) is 12.2 Å². The minimum absolute atomic E-state index is 0.223. The van der Waals surface area contributed by atoms with Crippen LogP contribution in [0.25, 0.3) is 0 Å². The summed E-state index contributed by atoms with van der Waals surface area (Å²) in [6.45, 7) is -0.223. The van der Waals surface area contributed by atoms with Gasteiger partial charge in [0.1, 0.15) is 0 Å². The molecule has 0 heterocycles. The first kappa shape index (κ1) is 12.5. The number of carbonyl (C=O) groups excluding carboxylic acids is 1. The first-order chi connectivity index (χ1) is 8.72. The highest BCUT2D eigenvalue weighted by molar-refractivity contribution is 5.73. The Hall–Kier alpha value is -1.97. The quantitative estimate of drug-likeness (QED) is 0.801. The Bertz CT molecular complexity index is 536. The lowest BCUT2D eigenvalue weighted by molar-refractivity contribution is -0.121. The second kappa shape index (κ2) is 5.12. The molecule has 2 N–H and O–H groups in total. The third-order valence-electron chi connectivity index (χ3n) is 2.98. The van der Waals surface area contributed by atoms with E-state index in [-0.39, 0.29) is 6.61 Å². The first-order valence-electron chi connectivity index (χ1n) is 5.66. The number of aliphatic hydroxyl groups excluding tert-OH is 1. The van der Waals surface area contributed by atoms with Crippen LogP contribution in [0.4, 0.5) is 0 Å². The van der Waals surface area contributed by atoms with Gasteiger partial charge in [0.05, 0.1) is 6.61 Å². The van der Waals surface area contributed by atoms with E-state index < -0.39 is 5.60 Å². The molecule has 0 radical (unpaired) electrons. The molecule has 0 fully saturated rings. The Kier molecular flexibility index (Phi) is 3.55. The summed E-state index contributed by atoms with van der Waals surface area (Å²) < 4.78 is 0. The molecule has 1 atom stereocenters. The smallest absolute Gasteiger partial charge is 0.170 e. The Balaban J connectivity index is 2.60. The maximum atomic E-state index is 11.4. The zero-order valence-corrected chi connectivity index (χ0v) is 9.78. The number of aliphatic hydroxyl groups is 2. The molecule has 0 saturated heterocycles. The molecule has 0 spiro atoms. The molecule has 92 valence electrons. The van der Waals surface area contributed by atoms with E-state index in [1.807, 2.05) is 6.07 Å². The Morgan fingerprint density at radius 2 is 1.61 bits per heavy atom. The highest BCUT2D eigenvalue weighted by atomic mass is 16.3. The number of rotatable bonds is 4. The van der Waals surface area contributed by atoms with Gasteiger partial charge < -0.3 is 10.2 Å². The van der Waals surface area contributed by atoms with Gasteiger partial charge in [-0.3, -0.25) is 4.79 Å². The summed E-state index contributed by atoms with van der Waals surface area (Å²) in [6, 6.07) is 15.5. The monoisotopic (exact) mass is 242 g/mol. The van der Waals surface area contributed by atoms with Crippen molar-refractivity contribution in [2.75, 3.05) is 0 Å². The minimum Gasteiger partial charge on any atom is -0.392 e. The molecule has 2 rings (SSSR count). The van der Waals surface area contributed by atoms with E-state index in [4.69, 9.17) is 0 Å². The zero-order chi connectivity index (χ0) is 13.0. The molecule has 0 bridgehead atoms. The van der Waals surface area contributed by atoms with Crippen LogP contribution in [0.3, 0.4) is 0 Å². The number of hydrogen-bond donors (Lipinski definition) is 2. The lowest BCUT2D eigenvalue weighted by atomic mass is 9.85. The van der Waals surface area contributed by atoms with Crippen molar-refractivity contribution in [3.8, 4) is 0 Å². The third-order valence-corrected chi connectivity index (χ3v) is 2.98. The third kappa shape index (κ3) is 2.06. The highest BCUT2D eigenvalue weighted by Gasteiger charge is 2.32. The van der Waals surface area contributed by atoms with Gasteiger partial charge in [-0.1, -0.05) is 54.6 Å². The largest absolute Gasteiger partial charge is 0.392 e. The molecule has 0 saturated carbocycles. The van der Waals surface area contributed by atoms with E-state index >= 15 is 0 Å². The van der Waals surface area contributed by atoms with E-state index in [9.17, 15) is 15.0 Å². The van der Waals surface area contributed by atoms with Crippen LogP contribution >= 0.6 is 0 Å². The molecule has 0 aromatic heterocycles. The molecule has 0 aliphatic heterocycles. The van der Waals surface area contributed by atoms with Crippen molar-refractivity contribution >= 4 is 6.29 Å². The van der Waals surface area contributed by atoms with Crippen LogP contribution in [0, 0.1) is 0 Å². The van der Waals surface area contributed by atoms with Crippen LogP contribution in [0.1, 0.15) is 16.7 Å². The fourth-order valence-corrected chi connectivity index (χ4v) is 2.01. The summed E-state index contributed by atoms with van der Waals surface area (Å²) in [5, 5.41) is 19.9. The molecular weight excluding hydrogens is 228 g/mol. The van der Waals surface area contributed by atoms with Gasteiger partial charge >= 0.3 is 0 Å². The van der Waals surface area contributed by atoms with Crippen LogP contribution in [0.15, 0.2) is 54.6 Å². The molecule has 3 nitrogen and oxygen atoms in total. The minimum atomic E-state index is -1.72. The lowest BCUT2D eigenvalue weighted by Gasteiger charge is -2.25. The summed E-state index contributed by atoms with van der Waals surface area (Å²) in [6.07, 6.45) is 0.497. The Labute approximate surface area is 105 Å². The van der Waals surface area contributed by atoms with Crippen LogP contribution < -0.4 is 0 Å². The first-order valence-corrected chi connectivity index (χ1v) is 5.66. The average molecular weight is 242 g/mol. The number of aldehydes is 1. The summed E-state index contributed by atoms with van der Waals surface area (Å²) in [7, 11) is 0. The molecule has 0 amide bonds. The summed E-state index contributed by atoms with van der Waals surface area (Å²) in [5.74, 6) is 0. The molecular formula is C15H14O3. The summed E-state index contributed by atoms with van der Waals surface area (Å²) in [5.41, 5.74) is -0.286. The second-order valence-electron chi connectivity index (χ2n) is 4.07. The van der Waals surface area contributed by atoms with Crippen molar-refractivity contribution in [3.63, 3.8) is 0 Å². The Morgan fingerprint density at radius 3 is 2.22 bits per heavy atom. The van der Waals surface area contributed by atoms with Crippen molar-refractivity contribution in [2.24, 2.45) is 0 Å². The fourth-order valence-electron chi connectivity index (χ4n) is 2.01. The molecule has 3 heteroatoms. The van der Waals surface area contributed by atoms with Gasteiger partial charge in [0, 0.05) is 5.56 Å². The SMILES string of the molecule is O=CC(O)(c1ccccc1)c1ccccc1CO. The molecule has 0 aliphatic rings. The van der Waals surface area contributed by atoms with Crippen LogP contribution in [0.5, 0.6) is 0 Å². The van der Waals surface area contributed by atoms with Gasteiger partial charge in [0.25, 0.3) is 0 Å². The topological polar surface area (TPSA) is 57.5 Å². The summed E-state index contributed by atoms with van der Waals surface area (Å²) >= 11 is 0. The van der Waals surface area contributed by atoms with E-state index in [2.05, 4.69) is 0 Å². The predicted octanol–water partition coefficient (Wildman–Crippen LogP) is 1.61. The Morgan fingerprint density at radius 1 is 1.00 bits per heavy atom. The van der Waals surface area contributed by atoms with Crippen LogP contribution in [-0.2, 0) is 17.0 Å². The number of hydrogen-bond acceptors (Lipinski definition) is 3. The van der Waals surface area contributed by atoms with Gasteiger partial charge in [-0.25, -0.2) is 0 Å². The molecule has 0 aliphatic carbocycles. The van der Waals surface area contributed by atoms with Crippen molar-refractivity contribution in [1.29, 1.82) is 0 Å². The van der Waals surface area contributed by atoms with Gasteiger partial charge in [-0.05, 0) is 11.1 Å². The lowest BCUT2D eigenvalue weighted by Crippen LogP contribution is -2.30. The van der Waals surface area contributed by atoms with E-state index in [0.717, 1.165) is 0 Å². The van der Waals surface area contributed by atoms with Gasteiger partial charge in [-0.2, -0.15) is 0 Å². The molecule has 18 heavy (non-hydrogen) atoms. The van der Waals surface area contributed by atoms with Crippen molar-refractivity contribution < 1.29 is 15.0 Å². The zero-order valence-electron chi connectivity index (χ0n) is 9.78. The normalized spacial score (nSPS) is 13.9. The molecule has 2 aromatic carbocycles. The maximum absolute atomic E-state index is 11.4. The molecule has 1 unspecified atom stereocenters. The van der Waals surface area contributed by atoms with E-state index in [1.54, 1.807) is 48.5 Å². The second-order valence-corrected chi connectivity index (χ2v) is 4.07. The highest BCUT2D eigenvalue weighted by Crippen LogP contribution is 2.30. The standard InChI is InChI=1S/C15H14O3/c16-10-12-6-4-5-9-14(12)15(18,11-17)13-7-2-1-3-8-13/h1-9,11,16,18H,10H2. The molecule has 2 aromatic rings. The predicted molar refractivity (Wildman–Crippen MR) is 67.9 cm³/mol. The maximum Gasteiger partial charge on any atom is 0.170 e. The van der Waals surface area contributed by atoms with Crippen LogP contribution in [-0.4, -0.2) is 16.5 Å². The number of carbonyl (C=O) groups is 1. The van der Waals surface area contributed by atoms with Gasteiger partial charge in [0.15, 0.2) is 11.9 Å². The summed E-state index contributed by atoms with van der Waals surface area (Å²) in [4.78, 5) is 11.4. The van der Waals surface area contributed by atoms with Gasteiger partial charge in [-0.15, -0.1) is 0 Å². The number of benzene rings is 2. The average Bonchev–Trinajstić information content (AvgIpc) is 2.47.